The summed E-state index contributed by atoms with van der Waals surface area (Å²) in [6.07, 6.45) is 0. The zero-order valence-corrected chi connectivity index (χ0v) is 12.2. The van der Waals surface area contributed by atoms with Crippen molar-refractivity contribution < 1.29 is 4.39 Å². The molecule has 0 aliphatic heterocycles. The molecule has 4 heteroatoms. The molecule has 3 N–H and O–H groups in total. The number of nitrogens with one attached hydrogen (secondary N) is 1. The van der Waals surface area contributed by atoms with E-state index in [1.807, 2.05) is 0 Å². The molecular formula is C15H24FN3. The van der Waals surface area contributed by atoms with E-state index in [-0.39, 0.29) is 11.7 Å². The van der Waals surface area contributed by atoms with Gasteiger partial charge in [0.15, 0.2) is 0 Å². The number of nitrogens with two attached hydrogens (primary N) is 1. The van der Waals surface area contributed by atoms with Gasteiger partial charge in [-0.1, -0.05) is 26.0 Å². The summed E-state index contributed by atoms with van der Waals surface area (Å²) < 4.78 is 14.0. The Balaban J connectivity index is 2.88. The quantitative estimate of drug-likeness (QED) is 0.613. The van der Waals surface area contributed by atoms with E-state index in [1.54, 1.807) is 12.1 Å². The first-order valence-electron chi connectivity index (χ1n) is 6.68. The fourth-order valence-electron chi connectivity index (χ4n) is 1.99. The van der Waals surface area contributed by atoms with Crippen LogP contribution in [0.15, 0.2) is 18.2 Å². The fourth-order valence-corrected chi connectivity index (χ4v) is 1.99. The van der Waals surface area contributed by atoms with Crippen LogP contribution in [-0.4, -0.2) is 23.3 Å². The second-order valence-electron chi connectivity index (χ2n) is 5.64. The lowest BCUT2D eigenvalue weighted by molar-refractivity contribution is 0.187. The van der Waals surface area contributed by atoms with Crippen LogP contribution in [0.25, 0.3) is 0 Å². The summed E-state index contributed by atoms with van der Waals surface area (Å²) in [5, 5.41) is 7.31. The van der Waals surface area contributed by atoms with Gasteiger partial charge < -0.3 is 5.73 Å². The van der Waals surface area contributed by atoms with Gasteiger partial charge in [-0.25, -0.2) is 4.39 Å². The molecule has 1 rings (SSSR count). The number of benzene rings is 1. The van der Waals surface area contributed by atoms with Crippen molar-refractivity contribution in [1.29, 1.82) is 5.41 Å². The van der Waals surface area contributed by atoms with Gasteiger partial charge in [0.25, 0.3) is 0 Å². The van der Waals surface area contributed by atoms with Gasteiger partial charge in [-0.15, -0.1) is 0 Å². The first-order chi connectivity index (χ1) is 8.81. The Bertz CT molecular complexity index is 441. The Labute approximate surface area is 115 Å². The Morgan fingerprint density at radius 1 is 1.32 bits per heavy atom. The van der Waals surface area contributed by atoms with Crippen LogP contribution in [0.5, 0.6) is 0 Å². The van der Waals surface area contributed by atoms with Gasteiger partial charge in [0, 0.05) is 30.3 Å². The number of amidine groups is 1. The molecule has 106 valence electrons. The molecule has 3 nitrogen and oxygen atoms in total. The standard InChI is InChI=1S/C15H24FN3/c1-10(2)8-19(11(3)4)9-13-6-5-12(15(17)18)7-14(13)16/h5-7,10-11H,8-9H2,1-4H3,(H3,17,18). The normalized spacial score (nSPS) is 11.6. The second-order valence-corrected chi connectivity index (χ2v) is 5.64. The van der Waals surface area contributed by atoms with Gasteiger partial charge in [0.05, 0.1) is 0 Å². The van der Waals surface area contributed by atoms with Crippen molar-refractivity contribution in [2.75, 3.05) is 6.54 Å². The van der Waals surface area contributed by atoms with E-state index >= 15 is 0 Å². The van der Waals surface area contributed by atoms with Crippen LogP contribution in [0.2, 0.25) is 0 Å². The molecule has 1 aromatic rings. The van der Waals surface area contributed by atoms with Gasteiger partial charge in [0.1, 0.15) is 11.7 Å². The number of halogens is 1. The van der Waals surface area contributed by atoms with E-state index in [9.17, 15) is 4.39 Å². The maximum Gasteiger partial charge on any atom is 0.128 e. The van der Waals surface area contributed by atoms with Crippen LogP contribution in [0.3, 0.4) is 0 Å². The summed E-state index contributed by atoms with van der Waals surface area (Å²) >= 11 is 0. The minimum Gasteiger partial charge on any atom is -0.384 e. The topological polar surface area (TPSA) is 53.1 Å². The summed E-state index contributed by atoms with van der Waals surface area (Å²) in [6, 6.07) is 5.14. The number of nitrogens with zero attached hydrogens (tertiary/aromatic N) is 1. The predicted molar refractivity (Wildman–Crippen MR) is 77.8 cm³/mol. The maximum absolute atomic E-state index is 14.0. The molecule has 0 aliphatic rings. The van der Waals surface area contributed by atoms with E-state index < -0.39 is 0 Å². The van der Waals surface area contributed by atoms with Crippen molar-refractivity contribution in [2.45, 2.75) is 40.3 Å². The first-order valence-corrected chi connectivity index (χ1v) is 6.68. The number of nitrogen functional groups attached to an aromatic ring is 1. The Hall–Kier alpha value is -1.42. The molecule has 0 saturated heterocycles. The molecule has 0 amide bonds. The molecule has 0 bridgehead atoms. The second kappa shape index (κ2) is 6.66. The largest absolute Gasteiger partial charge is 0.384 e. The highest BCUT2D eigenvalue weighted by atomic mass is 19.1. The Morgan fingerprint density at radius 2 is 1.95 bits per heavy atom. The summed E-state index contributed by atoms with van der Waals surface area (Å²) in [5.74, 6) is 0.150. The third kappa shape index (κ3) is 4.63. The molecule has 0 aliphatic carbocycles. The van der Waals surface area contributed by atoms with Crippen molar-refractivity contribution in [3.05, 3.63) is 35.1 Å². The zero-order valence-electron chi connectivity index (χ0n) is 12.2. The molecule has 1 aromatic carbocycles. The molecule has 0 saturated carbocycles. The Kier molecular flexibility index (Phi) is 5.48. The summed E-state index contributed by atoms with van der Waals surface area (Å²) in [5.41, 5.74) is 6.44. The Morgan fingerprint density at radius 3 is 2.37 bits per heavy atom. The molecule has 0 aromatic heterocycles. The van der Waals surface area contributed by atoms with Gasteiger partial charge >= 0.3 is 0 Å². The van der Waals surface area contributed by atoms with Crippen LogP contribution < -0.4 is 5.73 Å². The molecule has 0 atom stereocenters. The highest BCUT2D eigenvalue weighted by Crippen LogP contribution is 2.15. The molecule has 19 heavy (non-hydrogen) atoms. The van der Waals surface area contributed by atoms with E-state index in [1.165, 1.54) is 6.07 Å². The van der Waals surface area contributed by atoms with Crippen molar-refractivity contribution in [3.63, 3.8) is 0 Å². The summed E-state index contributed by atoms with van der Waals surface area (Å²) in [6.45, 7) is 10.1. The summed E-state index contributed by atoms with van der Waals surface area (Å²) in [7, 11) is 0. The molecule has 0 radical (unpaired) electrons. The van der Waals surface area contributed by atoms with Gasteiger partial charge in [-0.05, 0) is 25.8 Å². The molecule has 0 spiro atoms. The smallest absolute Gasteiger partial charge is 0.128 e. The van der Waals surface area contributed by atoms with Crippen molar-refractivity contribution >= 4 is 5.84 Å². The highest BCUT2D eigenvalue weighted by Gasteiger charge is 2.14. The molecule has 0 fully saturated rings. The van der Waals surface area contributed by atoms with Crippen LogP contribution in [0.4, 0.5) is 4.39 Å². The lowest BCUT2D eigenvalue weighted by Crippen LogP contribution is -2.33. The van der Waals surface area contributed by atoms with Gasteiger partial charge in [-0.3, -0.25) is 10.3 Å². The SMILES string of the molecule is CC(C)CN(Cc1ccc(C(=N)N)cc1F)C(C)C. The average Bonchev–Trinajstić information content (AvgIpc) is 2.29. The fraction of sp³-hybridized carbons (Fsp3) is 0.533. The summed E-state index contributed by atoms with van der Waals surface area (Å²) in [4.78, 5) is 2.25. The van der Waals surface area contributed by atoms with Crippen molar-refractivity contribution in [2.24, 2.45) is 11.7 Å². The van der Waals surface area contributed by atoms with Crippen LogP contribution in [0.1, 0.15) is 38.8 Å². The molecule has 0 heterocycles. The zero-order chi connectivity index (χ0) is 14.6. The number of hydrogen-bond acceptors (Lipinski definition) is 2. The van der Waals surface area contributed by atoms with Crippen LogP contribution >= 0.6 is 0 Å². The monoisotopic (exact) mass is 265 g/mol. The minimum absolute atomic E-state index is 0.103. The lowest BCUT2D eigenvalue weighted by Gasteiger charge is -2.28. The average molecular weight is 265 g/mol. The van der Waals surface area contributed by atoms with E-state index in [0.29, 0.717) is 29.6 Å². The molecular weight excluding hydrogens is 241 g/mol. The number of hydrogen-bond donors (Lipinski definition) is 2. The van der Waals surface area contributed by atoms with E-state index in [2.05, 4.69) is 32.6 Å². The first kappa shape index (κ1) is 15.6. The van der Waals surface area contributed by atoms with Gasteiger partial charge in [0.2, 0.25) is 0 Å². The third-order valence-corrected chi connectivity index (χ3v) is 3.07. The minimum atomic E-state index is -0.290. The maximum atomic E-state index is 14.0. The van der Waals surface area contributed by atoms with Gasteiger partial charge in [-0.2, -0.15) is 0 Å². The number of rotatable bonds is 6. The molecule has 0 unspecified atom stereocenters. The lowest BCUT2D eigenvalue weighted by atomic mass is 10.1. The van der Waals surface area contributed by atoms with Crippen molar-refractivity contribution in [1.82, 2.24) is 4.90 Å². The van der Waals surface area contributed by atoms with E-state index in [4.69, 9.17) is 11.1 Å². The van der Waals surface area contributed by atoms with Crippen LogP contribution in [-0.2, 0) is 6.54 Å². The predicted octanol–water partition coefficient (Wildman–Crippen LogP) is 2.98. The van der Waals surface area contributed by atoms with E-state index in [0.717, 1.165) is 6.54 Å². The third-order valence-electron chi connectivity index (χ3n) is 3.07. The highest BCUT2D eigenvalue weighted by molar-refractivity contribution is 5.94. The van der Waals surface area contributed by atoms with Crippen LogP contribution in [0, 0.1) is 17.1 Å². The van der Waals surface area contributed by atoms with Crippen molar-refractivity contribution in [3.8, 4) is 0 Å².